The lowest BCUT2D eigenvalue weighted by atomic mass is 10.3. The molecule has 0 radical (unpaired) electrons. The summed E-state index contributed by atoms with van der Waals surface area (Å²) in [5, 5.41) is 3.43. The molecule has 0 atom stereocenters. The van der Waals surface area contributed by atoms with Crippen molar-refractivity contribution < 1.29 is 27.1 Å². The van der Waals surface area contributed by atoms with Crippen LogP contribution in [-0.4, -0.2) is 15.7 Å². The van der Waals surface area contributed by atoms with Crippen LogP contribution in [-0.2, 0) is 11.0 Å². The molecular formula is C13H10F4N2O2. The van der Waals surface area contributed by atoms with Gasteiger partial charge in [0.1, 0.15) is 5.82 Å². The maximum Gasteiger partial charge on any atom is 0.438 e. The number of ether oxygens (including phenoxy) is 1. The van der Waals surface area contributed by atoms with Crippen molar-refractivity contribution in [2.24, 2.45) is 0 Å². The van der Waals surface area contributed by atoms with Gasteiger partial charge in [0, 0.05) is 6.92 Å². The molecule has 0 bridgehead atoms. The third-order valence-corrected chi connectivity index (χ3v) is 2.65. The molecule has 0 unspecified atom stereocenters. The van der Waals surface area contributed by atoms with Crippen molar-refractivity contribution in [1.82, 2.24) is 9.78 Å². The molecule has 0 aliphatic rings. The van der Waals surface area contributed by atoms with E-state index in [1.54, 1.807) is 0 Å². The molecule has 0 aliphatic carbocycles. The lowest BCUT2D eigenvalue weighted by Crippen LogP contribution is -2.11. The van der Waals surface area contributed by atoms with Crippen molar-refractivity contribution >= 4 is 5.97 Å². The Labute approximate surface area is 116 Å². The quantitative estimate of drug-likeness (QED) is 0.632. The van der Waals surface area contributed by atoms with Crippen LogP contribution in [0.5, 0.6) is 5.75 Å². The summed E-state index contributed by atoms with van der Waals surface area (Å²) < 4.78 is 57.3. The summed E-state index contributed by atoms with van der Waals surface area (Å²) in [5.41, 5.74) is -1.10. The standard InChI is InChI=1S/C13H10F4N2O2/c1-7-11(21-8(2)20)12(13(15,16)17)18-19(7)10-5-3-9(14)4-6-10/h3-6H,1-2H3. The number of hydrogen-bond donors (Lipinski definition) is 0. The summed E-state index contributed by atoms with van der Waals surface area (Å²) in [5.74, 6) is -2.07. The maximum atomic E-state index is 12.9. The number of hydrogen-bond acceptors (Lipinski definition) is 3. The van der Waals surface area contributed by atoms with E-state index in [0.717, 1.165) is 23.7 Å². The molecule has 4 nitrogen and oxygen atoms in total. The van der Waals surface area contributed by atoms with Crippen LogP contribution in [0.15, 0.2) is 24.3 Å². The minimum Gasteiger partial charge on any atom is -0.422 e. The maximum absolute atomic E-state index is 12.9. The highest BCUT2D eigenvalue weighted by molar-refractivity contribution is 5.70. The van der Waals surface area contributed by atoms with Crippen molar-refractivity contribution in [3.8, 4) is 11.4 Å². The highest BCUT2D eigenvalue weighted by Gasteiger charge is 2.40. The van der Waals surface area contributed by atoms with Gasteiger partial charge in [0.15, 0.2) is 5.75 Å². The number of esters is 1. The third kappa shape index (κ3) is 3.04. The number of benzene rings is 1. The number of rotatable bonds is 2. The first-order valence-corrected chi connectivity index (χ1v) is 5.81. The van der Waals surface area contributed by atoms with Crippen LogP contribution in [0.2, 0.25) is 0 Å². The van der Waals surface area contributed by atoms with Gasteiger partial charge in [0.2, 0.25) is 5.69 Å². The monoisotopic (exact) mass is 302 g/mol. The Balaban J connectivity index is 2.60. The molecule has 0 fully saturated rings. The number of aromatic nitrogens is 2. The molecule has 0 saturated heterocycles. The minimum atomic E-state index is -4.78. The molecule has 0 aliphatic heterocycles. The van der Waals surface area contributed by atoms with Gasteiger partial charge < -0.3 is 4.74 Å². The molecular weight excluding hydrogens is 292 g/mol. The van der Waals surface area contributed by atoms with Gasteiger partial charge in [-0.15, -0.1) is 0 Å². The normalized spacial score (nSPS) is 11.5. The lowest BCUT2D eigenvalue weighted by molar-refractivity contribution is -0.144. The topological polar surface area (TPSA) is 44.1 Å². The summed E-state index contributed by atoms with van der Waals surface area (Å²) in [6.45, 7) is 2.32. The molecule has 0 saturated carbocycles. The van der Waals surface area contributed by atoms with E-state index in [9.17, 15) is 22.4 Å². The van der Waals surface area contributed by atoms with Crippen LogP contribution >= 0.6 is 0 Å². The predicted octanol–water partition coefficient (Wildman–Crippen LogP) is 3.26. The molecule has 2 rings (SSSR count). The second-order valence-electron chi connectivity index (χ2n) is 4.24. The number of alkyl halides is 3. The number of nitrogens with zero attached hydrogens (tertiary/aromatic N) is 2. The van der Waals surface area contributed by atoms with E-state index in [1.807, 2.05) is 0 Å². The first kappa shape index (κ1) is 15.0. The Morgan fingerprint density at radius 3 is 2.29 bits per heavy atom. The number of carbonyl (C=O) groups excluding carboxylic acids is 1. The Morgan fingerprint density at radius 2 is 1.81 bits per heavy atom. The van der Waals surface area contributed by atoms with E-state index >= 15 is 0 Å². The minimum absolute atomic E-state index is 0.0101. The summed E-state index contributed by atoms with van der Waals surface area (Å²) in [6, 6.07) is 4.73. The largest absolute Gasteiger partial charge is 0.438 e. The number of carbonyl (C=O) groups is 1. The van der Waals surface area contributed by atoms with Crippen molar-refractivity contribution in [1.29, 1.82) is 0 Å². The molecule has 1 heterocycles. The van der Waals surface area contributed by atoms with E-state index in [0.29, 0.717) is 0 Å². The number of halogens is 4. The summed E-state index contributed by atoms with van der Waals surface area (Å²) in [6.07, 6.45) is -4.78. The van der Waals surface area contributed by atoms with E-state index < -0.39 is 29.4 Å². The van der Waals surface area contributed by atoms with Crippen molar-refractivity contribution in [2.75, 3.05) is 0 Å². The van der Waals surface area contributed by atoms with Gasteiger partial charge in [0.05, 0.1) is 11.4 Å². The molecule has 0 N–H and O–H groups in total. The van der Waals surface area contributed by atoms with Crippen molar-refractivity contribution in [3.63, 3.8) is 0 Å². The van der Waals surface area contributed by atoms with Crippen molar-refractivity contribution in [3.05, 3.63) is 41.5 Å². The molecule has 8 heteroatoms. The van der Waals surface area contributed by atoms with Crippen LogP contribution in [0.25, 0.3) is 5.69 Å². The molecule has 2 aromatic rings. The van der Waals surface area contributed by atoms with Gasteiger partial charge in [-0.2, -0.15) is 18.3 Å². The van der Waals surface area contributed by atoms with Crippen LogP contribution in [0.1, 0.15) is 18.3 Å². The highest BCUT2D eigenvalue weighted by atomic mass is 19.4. The molecule has 112 valence electrons. The Hall–Kier alpha value is -2.38. The second kappa shape index (κ2) is 5.19. The van der Waals surface area contributed by atoms with Gasteiger partial charge in [-0.1, -0.05) is 0 Å². The van der Waals surface area contributed by atoms with E-state index in [1.165, 1.54) is 19.1 Å². The molecule has 21 heavy (non-hydrogen) atoms. The zero-order chi connectivity index (χ0) is 15.8. The van der Waals surface area contributed by atoms with E-state index in [-0.39, 0.29) is 11.4 Å². The summed E-state index contributed by atoms with van der Waals surface area (Å²) in [4.78, 5) is 11.0. The van der Waals surface area contributed by atoms with E-state index in [2.05, 4.69) is 9.84 Å². The smallest absolute Gasteiger partial charge is 0.422 e. The van der Waals surface area contributed by atoms with Gasteiger partial charge in [0.25, 0.3) is 0 Å². The average Bonchev–Trinajstić information content (AvgIpc) is 2.68. The summed E-state index contributed by atoms with van der Waals surface area (Å²) >= 11 is 0. The predicted molar refractivity (Wildman–Crippen MR) is 64.6 cm³/mol. The van der Waals surface area contributed by atoms with Crippen LogP contribution < -0.4 is 4.74 Å². The molecule has 0 spiro atoms. The van der Waals surface area contributed by atoms with E-state index in [4.69, 9.17) is 0 Å². The van der Waals surface area contributed by atoms with Gasteiger partial charge in [-0.3, -0.25) is 4.79 Å². The average molecular weight is 302 g/mol. The van der Waals surface area contributed by atoms with Crippen LogP contribution in [0, 0.1) is 12.7 Å². The van der Waals surface area contributed by atoms with Crippen LogP contribution in [0.3, 0.4) is 0 Å². The molecule has 0 amide bonds. The highest BCUT2D eigenvalue weighted by Crippen LogP contribution is 2.38. The third-order valence-electron chi connectivity index (χ3n) is 2.65. The fourth-order valence-corrected chi connectivity index (χ4v) is 1.77. The van der Waals surface area contributed by atoms with Gasteiger partial charge in [-0.05, 0) is 31.2 Å². The van der Waals surface area contributed by atoms with Gasteiger partial charge in [-0.25, -0.2) is 9.07 Å². The van der Waals surface area contributed by atoms with Gasteiger partial charge >= 0.3 is 12.1 Å². The van der Waals surface area contributed by atoms with Crippen LogP contribution in [0.4, 0.5) is 17.6 Å². The SMILES string of the molecule is CC(=O)Oc1c(C(F)(F)F)nn(-c2ccc(F)cc2)c1C. The lowest BCUT2D eigenvalue weighted by Gasteiger charge is -2.05. The Morgan fingerprint density at radius 1 is 1.24 bits per heavy atom. The second-order valence-corrected chi connectivity index (χ2v) is 4.24. The molecule has 1 aromatic heterocycles. The Bertz CT molecular complexity index is 675. The zero-order valence-corrected chi connectivity index (χ0v) is 11.0. The zero-order valence-electron chi connectivity index (χ0n) is 11.0. The van der Waals surface area contributed by atoms with Crippen molar-refractivity contribution in [2.45, 2.75) is 20.0 Å². The summed E-state index contributed by atoms with van der Waals surface area (Å²) in [7, 11) is 0. The Kier molecular flexibility index (Phi) is 3.71. The first-order chi connectivity index (χ1) is 9.70. The fraction of sp³-hybridized carbons (Fsp3) is 0.231. The fourth-order valence-electron chi connectivity index (χ4n) is 1.77. The molecule has 1 aromatic carbocycles. The first-order valence-electron chi connectivity index (χ1n) is 5.81.